The third kappa shape index (κ3) is 4.49. The lowest BCUT2D eigenvalue weighted by atomic mass is 9.95. The summed E-state index contributed by atoms with van der Waals surface area (Å²) in [6.45, 7) is 8.86. The Bertz CT molecular complexity index is 162. The van der Waals surface area contributed by atoms with E-state index in [0.29, 0.717) is 17.9 Å². The molecule has 1 unspecified atom stereocenters. The van der Waals surface area contributed by atoms with Gasteiger partial charge in [-0.3, -0.25) is 0 Å². The van der Waals surface area contributed by atoms with Gasteiger partial charge in [-0.15, -0.1) is 0 Å². The molecule has 1 saturated heterocycles. The van der Waals surface area contributed by atoms with E-state index < -0.39 is 0 Å². The molecule has 0 aromatic carbocycles. The Morgan fingerprint density at radius 3 is 2.40 bits per heavy atom. The first kappa shape index (κ1) is 12.9. The number of piperidine rings is 1. The number of likely N-dealkylation sites (tertiary alicyclic amines) is 1. The number of nitrogens with two attached hydrogens (primary N) is 1. The lowest BCUT2D eigenvalue weighted by Gasteiger charge is -2.31. The summed E-state index contributed by atoms with van der Waals surface area (Å²) in [4.78, 5) is 2.40. The van der Waals surface area contributed by atoms with Crippen molar-refractivity contribution in [2.45, 2.75) is 32.7 Å². The van der Waals surface area contributed by atoms with Crippen LogP contribution in [0.3, 0.4) is 0 Å². The standard InChI is InChI=1S/C12H27N3/c1-10(2)11(8-13)9-14-12-4-6-15(3)7-5-12/h10-12,14H,4-9,13H2,1-3H3. The van der Waals surface area contributed by atoms with Crippen LogP contribution in [-0.2, 0) is 0 Å². The van der Waals surface area contributed by atoms with Gasteiger partial charge in [0.1, 0.15) is 0 Å². The molecule has 3 nitrogen and oxygen atoms in total. The maximum Gasteiger partial charge on any atom is 0.00915 e. The zero-order valence-corrected chi connectivity index (χ0v) is 10.5. The molecule has 0 amide bonds. The molecule has 90 valence electrons. The van der Waals surface area contributed by atoms with Crippen LogP contribution >= 0.6 is 0 Å². The lowest BCUT2D eigenvalue weighted by molar-refractivity contribution is 0.224. The van der Waals surface area contributed by atoms with Crippen LogP contribution in [0, 0.1) is 11.8 Å². The van der Waals surface area contributed by atoms with Crippen molar-refractivity contribution in [1.82, 2.24) is 10.2 Å². The van der Waals surface area contributed by atoms with E-state index in [1.54, 1.807) is 0 Å². The van der Waals surface area contributed by atoms with Crippen LogP contribution in [0.15, 0.2) is 0 Å². The quantitative estimate of drug-likeness (QED) is 0.713. The van der Waals surface area contributed by atoms with Crippen LogP contribution in [0.25, 0.3) is 0 Å². The summed E-state index contributed by atoms with van der Waals surface area (Å²) in [5, 5.41) is 3.67. The fourth-order valence-corrected chi connectivity index (χ4v) is 2.12. The van der Waals surface area contributed by atoms with E-state index >= 15 is 0 Å². The van der Waals surface area contributed by atoms with E-state index in [2.05, 4.69) is 31.1 Å². The molecule has 1 fully saturated rings. The Kier molecular flexibility index (Phi) is 5.58. The number of hydrogen-bond donors (Lipinski definition) is 2. The van der Waals surface area contributed by atoms with Gasteiger partial charge in [-0.25, -0.2) is 0 Å². The molecule has 1 aliphatic rings. The monoisotopic (exact) mass is 213 g/mol. The molecule has 1 rings (SSSR count). The first-order chi connectivity index (χ1) is 7.13. The van der Waals surface area contributed by atoms with Crippen LogP contribution < -0.4 is 11.1 Å². The molecular weight excluding hydrogens is 186 g/mol. The summed E-state index contributed by atoms with van der Waals surface area (Å²) in [7, 11) is 2.20. The lowest BCUT2D eigenvalue weighted by Crippen LogP contribution is -2.44. The van der Waals surface area contributed by atoms with Gasteiger partial charge in [0, 0.05) is 6.04 Å². The molecule has 0 aromatic heterocycles. The second kappa shape index (κ2) is 6.46. The van der Waals surface area contributed by atoms with Gasteiger partial charge in [0.05, 0.1) is 0 Å². The minimum Gasteiger partial charge on any atom is -0.330 e. The van der Waals surface area contributed by atoms with E-state index in [4.69, 9.17) is 5.73 Å². The zero-order valence-electron chi connectivity index (χ0n) is 10.5. The molecule has 3 heteroatoms. The van der Waals surface area contributed by atoms with Crippen molar-refractivity contribution in [3.8, 4) is 0 Å². The Balaban J connectivity index is 2.18. The van der Waals surface area contributed by atoms with Crippen molar-refractivity contribution in [2.75, 3.05) is 33.2 Å². The highest BCUT2D eigenvalue weighted by Crippen LogP contribution is 2.11. The number of nitrogens with zero attached hydrogens (tertiary/aromatic N) is 1. The van der Waals surface area contributed by atoms with Crippen LogP contribution in [0.1, 0.15) is 26.7 Å². The van der Waals surface area contributed by atoms with Crippen molar-refractivity contribution < 1.29 is 0 Å². The maximum absolute atomic E-state index is 5.76. The molecule has 0 aromatic rings. The largest absolute Gasteiger partial charge is 0.330 e. The third-order valence-electron chi connectivity index (χ3n) is 3.63. The van der Waals surface area contributed by atoms with Gasteiger partial charge >= 0.3 is 0 Å². The molecule has 0 radical (unpaired) electrons. The van der Waals surface area contributed by atoms with E-state index in [0.717, 1.165) is 13.1 Å². The predicted molar refractivity (Wildman–Crippen MR) is 65.9 cm³/mol. The highest BCUT2D eigenvalue weighted by molar-refractivity contribution is 4.77. The van der Waals surface area contributed by atoms with Crippen LogP contribution in [0.2, 0.25) is 0 Å². The molecule has 1 atom stereocenters. The summed E-state index contributed by atoms with van der Waals surface area (Å²) in [6.07, 6.45) is 2.57. The van der Waals surface area contributed by atoms with Gasteiger partial charge in [-0.1, -0.05) is 13.8 Å². The van der Waals surface area contributed by atoms with Crippen molar-refractivity contribution in [3.05, 3.63) is 0 Å². The third-order valence-corrected chi connectivity index (χ3v) is 3.63. The molecule has 3 N–H and O–H groups in total. The SMILES string of the molecule is CC(C)C(CN)CNC1CCN(C)CC1. The van der Waals surface area contributed by atoms with Crippen LogP contribution in [0.4, 0.5) is 0 Å². The smallest absolute Gasteiger partial charge is 0.00915 e. The van der Waals surface area contributed by atoms with Crippen molar-refractivity contribution >= 4 is 0 Å². The number of hydrogen-bond acceptors (Lipinski definition) is 3. The molecule has 0 aliphatic carbocycles. The van der Waals surface area contributed by atoms with Crippen molar-refractivity contribution in [3.63, 3.8) is 0 Å². The first-order valence-corrected chi connectivity index (χ1v) is 6.25. The van der Waals surface area contributed by atoms with Gasteiger partial charge < -0.3 is 16.0 Å². The van der Waals surface area contributed by atoms with Gasteiger partial charge in [-0.2, -0.15) is 0 Å². The summed E-state index contributed by atoms with van der Waals surface area (Å²) in [5.74, 6) is 1.32. The summed E-state index contributed by atoms with van der Waals surface area (Å²) < 4.78 is 0. The van der Waals surface area contributed by atoms with Crippen LogP contribution in [0.5, 0.6) is 0 Å². The predicted octanol–water partition coefficient (Wildman–Crippen LogP) is 0.901. The fourth-order valence-electron chi connectivity index (χ4n) is 2.12. The van der Waals surface area contributed by atoms with E-state index in [-0.39, 0.29) is 0 Å². The maximum atomic E-state index is 5.76. The zero-order chi connectivity index (χ0) is 11.3. The second-order valence-electron chi connectivity index (χ2n) is 5.23. The first-order valence-electron chi connectivity index (χ1n) is 6.25. The van der Waals surface area contributed by atoms with Crippen LogP contribution in [-0.4, -0.2) is 44.2 Å². The summed E-state index contributed by atoms with van der Waals surface area (Å²) in [5.41, 5.74) is 5.76. The Morgan fingerprint density at radius 1 is 1.33 bits per heavy atom. The average Bonchev–Trinajstić information content (AvgIpc) is 2.21. The highest BCUT2D eigenvalue weighted by Gasteiger charge is 2.18. The molecule has 0 bridgehead atoms. The number of rotatable bonds is 5. The molecular formula is C12H27N3. The Hall–Kier alpha value is -0.120. The highest BCUT2D eigenvalue weighted by atomic mass is 15.1. The summed E-state index contributed by atoms with van der Waals surface area (Å²) >= 11 is 0. The minimum absolute atomic E-state index is 0.629. The number of nitrogens with one attached hydrogen (secondary N) is 1. The van der Waals surface area contributed by atoms with Crippen molar-refractivity contribution in [2.24, 2.45) is 17.6 Å². The molecule has 15 heavy (non-hydrogen) atoms. The van der Waals surface area contributed by atoms with E-state index in [1.807, 2.05) is 0 Å². The second-order valence-corrected chi connectivity index (χ2v) is 5.23. The molecule has 0 spiro atoms. The van der Waals surface area contributed by atoms with Gasteiger partial charge in [0.2, 0.25) is 0 Å². The molecule has 0 saturated carbocycles. The Morgan fingerprint density at radius 2 is 1.93 bits per heavy atom. The topological polar surface area (TPSA) is 41.3 Å². The Labute approximate surface area is 94.4 Å². The van der Waals surface area contributed by atoms with Gasteiger partial charge in [0.15, 0.2) is 0 Å². The van der Waals surface area contributed by atoms with Crippen molar-refractivity contribution in [1.29, 1.82) is 0 Å². The molecule has 1 heterocycles. The van der Waals surface area contributed by atoms with E-state index in [1.165, 1.54) is 25.9 Å². The summed E-state index contributed by atoms with van der Waals surface area (Å²) in [6, 6.07) is 0.717. The van der Waals surface area contributed by atoms with Gasteiger partial charge in [0.25, 0.3) is 0 Å². The van der Waals surface area contributed by atoms with E-state index in [9.17, 15) is 0 Å². The average molecular weight is 213 g/mol. The fraction of sp³-hybridized carbons (Fsp3) is 1.00. The van der Waals surface area contributed by atoms with Gasteiger partial charge in [-0.05, 0) is 57.9 Å². The molecule has 1 aliphatic heterocycles. The minimum atomic E-state index is 0.629. The normalized spacial score (nSPS) is 22.2.